The molecule has 112 valence electrons. The summed E-state index contributed by atoms with van der Waals surface area (Å²) in [6.45, 7) is 2.39. The largest absolute Gasteiger partial charge is 0.299 e. The van der Waals surface area contributed by atoms with Crippen molar-refractivity contribution in [2.45, 2.75) is 25.5 Å². The minimum atomic E-state index is -3.51. The molecule has 0 N–H and O–H groups in total. The zero-order valence-corrected chi connectivity index (χ0v) is 12.8. The summed E-state index contributed by atoms with van der Waals surface area (Å²) in [5.74, 6) is -0.262. The van der Waals surface area contributed by atoms with Gasteiger partial charge in [-0.25, -0.2) is 12.7 Å². The summed E-state index contributed by atoms with van der Waals surface area (Å²) < 4.78 is 26.4. The molecule has 1 heterocycles. The zero-order chi connectivity index (χ0) is 15.5. The molecule has 0 radical (unpaired) electrons. The first-order valence-corrected chi connectivity index (χ1v) is 8.57. The van der Waals surface area contributed by atoms with Crippen molar-refractivity contribution in [3.8, 4) is 6.07 Å². The number of rotatable bonds is 4. The third kappa shape index (κ3) is 3.49. The quantitative estimate of drug-likeness (QED) is 0.848. The molecule has 0 aliphatic carbocycles. The van der Waals surface area contributed by atoms with Gasteiger partial charge in [0.2, 0.25) is 10.0 Å². The second-order valence-electron chi connectivity index (χ2n) is 5.20. The van der Waals surface area contributed by atoms with E-state index in [0.717, 1.165) is 0 Å². The van der Waals surface area contributed by atoms with Gasteiger partial charge in [0.05, 0.1) is 17.4 Å². The minimum absolute atomic E-state index is 0.140. The van der Waals surface area contributed by atoms with Gasteiger partial charge < -0.3 is 0 Å². The fourth-order valence-corrected chi connectivity index (χ4v) is 4.13. The summed E-state index contributed by atoms with van der Waals surface area (Å²) in [6.07, 6.45) is 0.928. The third-order valence-electron chi connectivity index (χ3n) is 3.85. The van der Waals surface area contributed by atoms with E-state index in [2.05, 4.69) is 0 Å². The highest BCUT2D eigenvalue weighted by Gasteiger charge is 2.32. The summed E-state index contributed by atoms with van der Waals surface area (Å²) in [4.78, 5) is 11.7. The van der Waals surface area contributed by atoms with Crippen LogP contribution in [0.1, 0.15) is 30.9 Å². The van der Waals surface area contributed by atoms with E-state index in [4.69, 9.17) is 5.26 Å². The Hall–Kier alpha value is -1.71. The van der Waals surface area contributed by atoms with E-state index in [0.29, 0.717) is 17.5 Å². The number of piperidine rings is 1. The molecule has 1 saturated heterocycles. The van der Waals surface area contributed by atoms with Crippen LogP contribution in [-0.2, 0) is 20.6 Å². The Balaban J connectivity index is 2.19. The third-order valence-corrected chi connectivity index (χ3v) is 5.64. The Labute approximate surface area is 125 Å². The highest BCUT2D eigenvalue weighted by molar-refractivity contribution is 7.88. The smallest absolute Gasteiger partial charge is 0.218 e. The van der Waals surface area contributed by atoms with Crippen molar-refractivity contribution in [3.63, 3.8) is 0 Å². The average Bonchev–Trinajstić information content (AvgIpc) is 2.47. The monoisotopic (exact) mass is 306 g/mol. The first kappa shape index (κ1) is 15.7. The maximum absolute atomic E-state index is 12.5. The zero-order valence-electron chi connectivity index (χ0n) is 11.9. The molecule has 0 saturated carbocycles. The van der Waals surface area contributed by atoms with Crippen LogP contribution in [-0.4, -0.2) is 31.6 Å². The number of sulfonamides is 1. The molecule has 1 aliphatic rings. The van der Waals surface area contributed by atoms with Crippen LogP contribution < -0.4 is 0 Å². The highest BCUT2D eigenvalue weighted by atomic mass is 32.2. The normalized spacial score (nSPS) is 20.2. The van der Waals surface area contributed by atoms with Gasteiger partial charge in [-0.15, -0.1) is 0 Å². The number of Topliss-reactive ketones (excluding diaryl/α,β-unsaturated/α-hetero) is 1. The molecule has 1 aromatic carbocycles. The molecule has 0 aromatic heterocycles. The Morgan fingerprint density at radius 3 is 2.76 bits per heavy atom. The fraction of sp³-hybridized carbons (Fsp3) is 0.467. The van der Waals surface area contributed by atoms with Crippen molar-refractivity contribution >= 4 is 15.8 Å². The van der Waals surface area contributed by atoms with Crippen molar-refractivity contribution in [2.24, 2.45) is 5.92 Å². The number of hydrogen-bond acceptors (Lipinski definition) is 4. The summed E-state index contributed by atoms with van der Waals surface area (Å²) in [7, 11) is -3.51. The van der Waals surface area contributed by atoms with Crippen molar-refractivity contribution < 1.29 is 13.2 Å². The predicted molar refractivity (Wildman–Crippen MR) is 78.8 cm³/mol. The van der Waals surface area contributed by atoms with Crippen molar-refractivity contribution in [3.05, 3.63) is 35.4 Å². The summed E-state index contributed by atoms with van der Waals surface area (Å²) in [5.41, 5.74) is 0.881. The van der Waals surface area contributed by atoms with Crippen molar-refractivity contribution in [1.82, 2.24) is 4.31 Å². The Kier molecular flexibility index (Phi) is 4.76. The summed E-state index contributed by atoms with van der Waals surface area (Å²) >= 11 is 0. The predicted octanol–water partition coefficient (Wildman–Crippen LogP) is 1.69. The number of nitriles is 1. The highest BCUT2D eigenvalue weighted by Crippen LogP contribution is 2.22. The summed E-state index contributed by atoms with van der Waals surface area (Å²) in [6, 6.07) is 8.71. The van der Waals surface area contributed by atoms with Crippen molar-refractivity contribution in [1.29, 1.82) is 5.26 Å². The van der Waals surface area contributed by atoms with E-state index in [-0.39, 0.29) is 37.0 Å². The number of ketones is 1. The first-order chi connectivity index (χ1) is 9.97. The number of carbonyl (C=O) groups excluding carboxylic acids is 1. The SMILES string of the molecule is CCC1CN(S(=O)(=O)Cc2ccccc2C#N)CCC1=O. The van der Waals surface area contributed by atoms with Crippen LogP contribution >= 0.6 is 0 Å². The van der Waals surface area contributed by atoms with Gasteiger partial charge in [0.25, 0.3) is 0 Å². The molecule has 6 heteroatoms. The van der Waals surface area contributed by atoms with Crippen molar-refractivity contribution in [2.75, 3.05) is 13.1 Å². The molecule has 1 fully saturated rings. The molecule has 1 aliphatic heterocycles. The van der Waals surface area contributed by atoms with Gasteiger partial charge in [0, 0.05) is 25.4 Å². The average molecular weight is 306 g/mol. The summed E-state index contributed by atoms with van der Waals surface area (Å²) in [5, 5.41) is 9.04. The van der Waals surface area contributed by atoms with Gasteiger partial charge in [-0.1, -0.05) is 25.1 Å². The lowest BCUT2D eigenvalue weighted by atomic mass is 9.96. The van der Waals surface area contributed by atoms with Crippen LogP contribution in [0.5, 0.6) is 0 Å². The van der Waals surface area contributed by atoms with E-state index < -0.39 is 10.0 Å². The van der Waals surface area contributed by atoms with E-state index in [1.807, 2.05) is 13.0 Å². The Bertz CT molecular complexity index is 676. The van der Waals surface area contributed by atoms with Crippen LogP contribution in [0.2, 0.25) is 0 Å². The van der Waals surface area contributed by atoms with Gasteiger partial charge in [0.1, 0.15) is 5.78 Å². The molecule has 0 spiro atoms. The molecule has 1 unspecified atom stereocenters. The van der Waals surface area contributed by atoms with Crippen LogP contribution in [0.3, 0.4) is 0 Å². The van der Waals surface area contributed by atoms with Gasteiger partial charge in [0.15, 0.2) is 0 Å². The molecular weight excluding hydrogens is 288 g/mol. The second kappa shape index (κ2) is 6.37. The molecule has 0 bridgehead atoms. The molecule has 21 heavy (non-hydrogen) atoms. The Morgan fingerprint density at radius 2 is 2.10 bits per heavy atom. The lowest BCUT2D eigenvalue weighted by Crippen LogP contribution is -2.44. The molecule has 2 rings (SSSR count). The number of benzene rings is 1. The molecule has 0 amide bonds. The second-order valence-corrected chi connectivity index (χ2v) is 7.17. The molecule has 1 aromatic rings. The molecule has 1 atom stereocenters. The van der Waals surface area contributed by atoms with E-state index >= 15 is 0 Å². The fourth-order valence-electron chi connectivity index (χ4n) is 2.53. The van der Waals surface area contributed by atoms with Crippen LogP contribution in [0.25, 0.3) is 0 Å². The number of nitrogens with zero attached hydrogens (tertiary/aromatic N) is 2. The van der Waals surface area contributed by atoms with Crippen LogP contribution in [0.4, 0.5) is 0 Å². The lowest BCUT2D eigenvalue weighted by Gasteiger charge is -2.30. The van der Waals surface area contributed by atoms with E-state index in [1.165, 1.54) is 4.31 Å². The van der Waals surface area contributed by atoms with Gasteiger partial charge in [-0.2, -0.15) is 5.26 Å². The Morgan fingerprint density at radius 1 is 1.38 bits per heavy atom. The number of carbonyl (C=O) groups is 1. The molecule has 5 nitrogen and oxygen atoms in total. The van der Waals surface area contributed by atoms with Gasteiger partial charge >= 0.3 is 0 Å². The van der Waals surface area contributed by atoms with Gasteiger partial charge in [-0.05, 0) is 18.1 Å². The molecular formula is C15H18N2O3S. The standard InChI is InChI=1S/C15H18N2O3S/c1-2-12-10-17(8-7-15(12)18)21(19,20)11-14-6-4-3-5-13(14)9-16/h3-6,12H,2,7-8,10-11H2,1H3. The topological polar surface area (TPSA) is 78.2 Å². The van der Waals surface area contributed by atoms with E-state index in [9.17, 15) is 13.2 Å². The first-order valence-electron chi connectivity index (χ1n) is 6.96. The number of hydrogen-bond donors (Lipinski definition) is 0. The van der Waals surface area contributed by atoms with Crippen LogP contribution in [0.15, 0.2) is 24.3 Å². The lowest BCUT2D eigenvalue weighted by molar-refractivity contribution is -0.125. The maximum atomic E-state index is 12.5. The minimum Gasteiger partial charge on any atom is -0.299 e. The van der Waals surface area contributed by atoms with E-state index in [1.54, 1.807) is 24.3 Å². The van der Waals surface area contributed by atoms with Gasteiger partial charge in [-0.3, -0.25) is 4.79 Å². The maximum Gasteiger partial charge on any atom is 0.218 e. The van der Waals surface area contributed by atoms with Crippen LogP contribution in [0, 0.1) is 17.2 Å².